The molecule has 1 saturated carbocycles. The van der Waals surface area contributed by atoms with Gasteiger partial charge in [-0.1, -0.05) is 13.3 Å². The number of hydrogen-bond donors (Lipinski definition) is 2. The summed E-state index contributed by atoms with van der Waals surface area (Å²) in [7, 11) is 0. The topological polar surface area (TPSA) is 77.2 Å². The summed E-state index contributed by atoms with van der Waals surface area (Å²) < 4.78 is 5.01. The number of nitrogens with two attached hydrogens (primary N) is 1. The fourth-order valence-electron chi connectivity index (χ4n) is 2.88. The molecule has 0 atom stereocenters. The number of esters is 1. The van der Waals surface area contributed by atoms with Crippen molar-refractivity contribution in [3.8, 4) is 0 Å². The number of nitrogen functional groups attached to an aromatic ring is 1. The van der Waals surface area contributed by atoms with E-state index in [-0.39, 0.29) is 0 Å². The Kier molecular flexibility index (Phi) is 5.42. The average Bonchev–Trinajstić information content (AvgIpc) is 2.50. The molecule has 0 spiro atoms. The summed E-state index contributed by atoms with van der Waals surface area (Å²) in [5.41, 5.74) is 6.83. The molecule has 1 aliphatic rings. The molecule has 0 aromatic carbocycles. The van der Waals surface area contributed by atoms with Crippen LogP contribution in [0.25, 0.3) is 0 Å². The van der Waals surface area contributed by atoms with Crippen LogP contribution in [0.3, 0.4) is 0 Å². The molecule has 0 unspecified atom stereocenters. The molecule has 3 N–H and O–H groups in total. The molecule has 5 nitrogen and oxygen atoms in total. The number of ether oxygens (including phenoxy) is 1. The zero-order chi connectivity index (χ0) is 15.2. The summed E-state index contributed by atoms with van der Waals surface area (Å²) >= 11 is 0. The predicted molar refractivity (Wildman–Crippen MR) is 84.3 cm³/mol. The van der Waals surface area contributed by atoms with Crippen LogP contribution in [-0.2, 0) is 4.74 Å². The van der Waals surface area contributed by atoms with Gasteiger partial charge in [-0.2, -0.15) is 0 Å². The van der Waals surface area contributed by atoms with Gasteiger partial charge in [0.25, 0.3) is 0 Å². The van der Waals surface area contributed by atoms with Crippen LogP contribution in [0.15, 0.2) is 12.3 Å². The van der Waals surface area contributed by atoms with Gasteiger partial charge in [0.05, 0.1) is 17.9 Å². The molecule has 1 heterocycles. The van der Waals surface area contributed by atoms with E-state index in [4.69, 9.17) is 10.5 Å². The van der Waals surface area contributed by atoms with Crippen LogP contribution in [0, 0.1) is 5.92 Å². The Morgan fingerprint density at radius 3 is 2.71 bits per heavy atom. The van der Waals surface area contributed by atoms with Gasteiger partial charge in [-0.25, -0.2) is 9.78 Å². The van der Waals surface area contributed by atoms with Gasteiger partial charge in [-0.3, -0.25) is 0 Å². The molecule has 0 saturated heterocycles. The van der Waals surface area contributed by atoms with Crippen molar-refractivity contribution in [2.45, 2.75) is 52.0 Å². The maximum Gasteiger partial charge on any atom is 0.340 e. The third-order valence-electron chi connectivity index (χ3n) is 4.25. The molecular weight excluding hydrogens is 266 g/mol. The Morgan fingerprint density at radius 2 is 2.10 bits per heavy atom. The summed E-state index contributed by atoms with van der Waals surface area (Å²) in [6.45, 7) is 4.37. The first-order chi connectivity index (χ1) is 10.2. The SMILES string of the molecule is CCOC(=O)c1ccnc(NC2CCC(CC)CC2)c1N. The molecule has 21 heavy (non-hydrogen) atoms. The number of rotatable bonds is 5. The quantitative estimate of drug-likeness (QED) is 0.814. The van der Waals surface area contributed by atoms with Gasteiger partial charge in [-0.15, -0.1) is 0 Å². The molecule has 2 rings (SSSR count). The smallest absolute Gasteiger partial charge is 0.340 e. The monoisotopic (exact) mass is 291 g/mol. The highest BCUT2D eigenvalue weighted by molar-refractivity contribution is 5.97. The fourth-order valence-corrected chi connectivity index (χ4v) is 2.88. The Morgan fingerprint density at radius 1 is 1.38 bits per heavy atom. The van der Waals surface area contributed by atoms with Crippen molar-refractivity contribution in [1.82, 2.24) is 4.98 Å². The van der Waals surface area contributed by atoms with Crippen LogP contribution in [0.5, 0.6) is 0 Å². The molecule has 1 aromatic rings. The number of nitrogens with one attached hydrogen (secondary N) is 1. The standard InChI is InChI=1S/C16H25N3O2/c1-3-11-5-7-12(8-6-11)19-15-14(17)13(9-10-18-15)16(20)21-4-2/h9-12H,3-8,17H2,1-2H3,(H,18,19). The Bertz CT molecular complexity index is 482. The van der Waals surface area contributed by atoms with E-state index in [2.05, 4.69) is 17.2 Å². The second kappa shape index (κ2) is 7.29. The zero-order valence-electron chi connectivity index (χ0n) is 12.9. The molecule has 1 aromatic heterocycles. The van der Waals surface area contributed by atoms with Gasteiger partial charge in [0, 0.05) is 12.2 Å². The molecule has 0 amide bonds. The van der Waals surface area contributed by atoms with E-state index in [1.165, 1.54) is 19.3 Å². The van der Waals surface area contributed by atoms with Gasteiger partial charge < -0.3 is 15.8 Å². The Labute approximate surface area is 126 Å². The van der Waals surface area contributed by atoms with Crippen molar-refractivity contribution in [1.29, 1.82) is 0 Å². The minimum absolute atomic E-state index is 0.338. The van der Waals surface area contributed by atoms with Crippen LogP contribution < -0.4 is 11.1 Å². The van der Waals surface area contributed by atoms with Crippen LogP contribution >= 0.6 is 0 Å². The highest BCUT2D eigenvalue weighted by Gasteiger charge is 2.22. The number of carbonyl (C=O) groups excluding carboxylic acids is 1. The number of nitrogens with zero attached hydrogens (tertiary/aromatic N) is 1. The van der Waals surface area contributed by atoms with Crippen molar-refractivity contribution >= 4 is 17.5 Å². The lowest BCUT2D eigenvalue weighted by atomic mass is 9.84. The van der Waals surface area contributed by atoms with E-state index >= 15 is 0 Å². The normalized spacial score (nSPS) is 21.8. The maximum absolute atomic E-state index is 11.8. The number of aromatic nitrogens is 1. The van der Waals surface area contributed by atoms with Crippen LogP contribution in [0.2, 0.25) is 0 Å². The number of pyridine rings is 1. The lowest BCUT2D eigenvalue weighted by Gasteiger charge is -2.29. The van der Waals surface area contributed by atoms with Crippen molar-refractivity contribution in [3.05, 3.63) is 17.8 Å². The van der Waals surface area contributed by atoms with E-state index in [9.17, 15) is 4.79 Å². The summed E-state index contributed by atoms with van der Waals surface area (Å²) in [6, 6.07) is 1.99. The third-order valence-corrected chi connectivity index (χ3v) is 4.25. The molecule has 1 aliphatic carbocycles. The predicted octanol–water partition coefficient (Wildman–Crippen LogP) is 3.22. The van der Waals surface area contributed by atoms with Crippen molar-refractivity contribution in [2.24, 2.45) is 5.92 Å². The van der Waals surface area contributed by atoms with Crippen molar-refractivity contribution in [2.75, 3.05) is 17.7 Å². The second-order valence-electron chi connectivity index (χ2n) is 5.61. The molecule has 0 bridgehead atoms. The van der Waals surface area contributed by atoms with E-state index < -0.39 is 5.97 Å². The molecule has 0 aliphatic heterocycles. The number of anilines is 2. The number of hydrogen-bond acceptors (Lipinski definition) is 5. The zero-order valence-corrected chi connectivity index (χ0v) is 12.9. The second-order valence-corrected chi connectivity index (χ2v) is 5.61. The van der Waals surface area contributed by atoms with Gasteiger partial charge >= 0.3 is 5.97 Å². The highest BCUT2D eigenvalue weighted by atomic mass is 16.5. The first-order valence-corrected chi connectivity index (χ1v) is 7.83. The Balaban J connectivity index is 2.04. The fraction of sp³-hybridized carbons (Fsp3) is 0.625. The minimum Gasteiger partial charge on any atom is -0.462 e. The summed E-state index contributed by atoms with van der Waals surface area (Å²) in [4.78, 5) is 16.1. The summed E-state index contributed by atoms with van der Waals surface area (Å²) in [6.07, 6.45) is 7.60. The first-order valence-electron chi connectivity index (χ1n) is 7.83. The van der Waals surface area contributed by atoms with Crippen molar-refractivity contribution in [3.63, 3.8) is 0 Å². The average molecular weight is 291 g/mol. The molecule has 116 valence electrons. The van der Waals surface area contributed by atoms with Crippen LogP contribution in [-0.4, -0.2) is 23.6 Å². The minimum atomic E-state index is -0.393. The van der Waals surface area contributed by atoms with E-state index in [0.717, 1.165) is 18.8 Å². The van der Waals surface area contributed by atoms with Crippen LogP contribution in [0.1, 0.15) is 56.3 Å². The van der Waals surface area contributed by atoms with E-state index in [0.29, 0.717) is 29.7 Å². The van der Waals surface area contributed by atoms with Gasteiger partial charge in [0.1, 0.15) is 5.82 Å². The summed E-state index contributed by atoms with van der Waals surface area (Å²) in [5.74, 6) is 1.05. The van der Waals surface area contributed by atoms with E-state index in [1.54, 1.807) is 19.2 Å². The van der Waals surface area contributed by atoms with Crippen LogP contribution in [0.4, 0.5) is 11.5 Å². The first kappa shape index (κ1) is 15.6. The third kappa shape index (κ3) is 3.86. The summed E-state index contributed by atoms with van der Waals surface area (Å²) in [5, 5.41) is 3.39. The maximum atomic E-state index is 11.8. The Hall–Kier alpha value is -1.78. The van der Waals surface area contributed by atoms with Crippen molar-refractivity contribution < 1.29 is 9.53 Å². The largest absolute Gasteiger partial charge is 0.462 e. The molecule has 1 fully saturated rings. The lowest BCUT2D eigenvalue weighted by molar-refractivity contribution is 0.0527. The van der Waals surface area contributed by atoms with E-state index in [1.807, 2.05) is 0 Å². The van der Waals surface area contributed by atoms with Gasteiger partial charge in [0.2, 0.25) is 0 Å². The lowest BCUT2D eigenvalue weighted by Crippen LogP contribution is -2.27. The molecule has 5 heteroatoms. The molecule has 0 radical (unpaired) electrons. The number of carbonyl (C=O) groups is 1. The highest BCUT2D eigenvalue weighted by Crippen LogP contribution is 2.30. The molecular formula is C16H25N3O2. The van der Waals surface area contributed by atoms with Gasteiger partial charge in [0.15, 0.2) is 0 Å². The van der Waals surface area contributed by atoms with Gasteiger partial charge in [-0.05, 0) is 44.6 Å².